The van der Waals surface area contributed by atoms with Crippen molar-refractivity contribution in [3.63, 3.8) is 0 Å². The molecule has 6 heteroatoms. The van der Waals surface area contributed by atoms with Crippen LogP contribution in [0.4, 0.5) is 0 Å². The molecule has 0 fully saturated rings. The minimum Gasteiger partial charge on any atom is -0.310 e. The zero-order valence-corrected chi connectivity index (χ0v) is 14.4. The molecule has 0 bridgehead atoms. The Bertz CT molecular complexity index is 584. The van der Waals surface area contributed by atoms with Crippen molar-refractivity contribution >= 4 is 38.7 Å². The number of nitrogens with zero attached hydrogens (tertiary/aromatic N) is 4. The van der Waals surface area contributed by atoms with Crippen molar-refractivity contribution in [2.24, 2.45) is 0 Å². The van der Waals surface area contributed by atoms with E-state index in [0.29, 0.717) is 11.9 Å². The first-order valence-corrected chi connectivity index (χ1v) is 8.16. The number of fused-ring (bicyclic) bond motifs is 1. The summed E-state index contributed by atoms with van der Waals surface area (Å²) in [5, 5.41) is 0. The number of hydrogen-bond acceptors (Lipinski definition) is 3. The summed E-state index contributed by atoms with van der Waals surface area (Å²) < 4.78 is 3.06. The topological polar surface area (TPSA) is 34.0 Å². The van der Waals surface area contributed by atoms with E-state index in [1.165, 1.54) is 0 Å². The average molecular weight is 360 g/mol. The number of alkyl halides is 1. The SMILES string of the molecule is CCC(C)N(C)CCn1c(CCl)nc2cc(Br)cnc21. The molecule has 0 spiro atoms. The maximum atomic E-state index is 6.01. The summed E-state index contributed by atoms with van der Waals surface area (Å²) in [5.41, 5.74) is 1.79. The molecule has 0 saturated heterocycles. The summed E-state index contributed by atoms with van der Waals surface area (Å²) in [6, 6.07) is 2.55. The van der Waals surface area contributed by atoms with Crippen molar-refractivity contribution in [3.8, 4) is 0 Å². The van der Waals surface area contributed by atoms with E-state index in [2.05, 4.69) is 56.3 Å². The molecule has 2 rings (SSSR count). The Morgan fingerprint density at radius 1 is 1.50 bits per heavy atom. The molecule has 0 aliphatic heterocycles. The Hall–Kier alpha value is -0.650. The van der Waals surface area contributed by atoms with Crippen LogP contribution in [0.5, 0.6) is 0 Å². The van der Waals surface area contributed by atoms with E-state index in [1.54, 1.807) is 6.20 Å². The number of hydrogen-bond donors (Lipinski definition) is 0. The second kappa shape index (κ2) is 6.87. The molecule has 0 saturated carbocycles. The minimum absolute atomic E-state index is 0.404. The van der Waals surface area contributed by atoms with Crippen LogP contribution in [0.1, 0.15) is 26.1 Å². The molecule has 0 aliphatic rings. The van der Waals surface area contributed by atoms with Crippen molar-refractivity contribution < 1.29 is 0 Å². The summed E-state index contributed by atoms with van der Waals surface area (Å²) in [6.07, 6.45) is 2.95. The first-order valence-electron chi connectivity index (χ1n) is 6.83. The van der Waals surface area contributed by atoms with Gasteiger partial charge in [0.25, 0.3) is 0 Å². The minimum atomic E-state index is 0.404. The summed E-state index contributed by atoms with van der Waals surface area (Å²) in [6.45, 7) is 6.26. The van der Waals surface area contributed by atoms with Gasteiger partial charge in [-0.3, -0.25) is 0 Å². The summed E-state index contributed by atoms with van der Waals surface area (Å²) in [7, 11) is 2.15. The van der Waals surface area contributed by atoms with E-state index >= 15 is 0 Å². The fourth-order valence-corrected chi connectivity index (χ4v) is 2.68. The highest BCUT2D eigenvalue weighted by molar-refractivity contribution is 9.10. The molecule has 0 amide bonds. The molecule has 1 unspecified atom stereocenters. The lowest BCUT2D eigenvalue weighted by Crippen LogP contribution is -2.31. The Morgan fingerprint density at radius 2 is 2.25 bits per heavy atom. The summed E-state index contributed by atoms with van der Waals surface area (Å²) in [4.78, 5) is 11.4. The van der Waals surface area contributed by atoms with Gasteiger partial charge in [-0.1, -0.05) is 6.92 Å². The van der Waals surface area contributed by atoms with Crippen LogP contribution in [-0.4, -0.2) is 39.1 Å². The van der Waals surface area contributed by atoms with E-state index in [1.807, 2.05) is 6.07 Å². The van der Waals surface area contributed by atoms with Crippen LogP contribution in [0.15, 0.2) is 16.7 Å². The third-order valence-electron chi connectivity index (χ3n) is 3.77. The van der Waals surface area contributed by atoms with Crippen LogP contribution < -0.4 is 0 Å². The third kappa shape index (κ3) is 3.32. The van der Waals surface area contributed by atoms with Crippen molar-refractivity contribution in [1.82, 2.24) is 19.4 Å². The van der Waals surface area contributed by atoms with Gasteiger partial charge in [0.1, 0.15) is 11.3 Å². The smallest absolute Gasteiger partial charge is 0.160 e. The molecular weight excluding hydrogens is 340 g/mol. The van der Waals surface area contributed by atoms with E-state index < -0.39 is 0 Å². The highest BCUT2D eigenvalue weighted by atomic mass is 79.9. The van der Waals surface area contributed by atoms with Crippen LogP contribution in [0, 0.1) is 0 Å². The zero-order chi connectivity index (χ0) is 14.7. The fraction of sp³-hybridized carbons (Fsp3) is 0.571. The quantitative estimate of drug-likeness (QED) is 0.738. The lowest BCUT2D eigenvalue weighted by atomic mass is 10.2. The normalized spacial score (nSPS) is 13.3. The number of pyridine rings is 1. The number of likely N-dealkylation sites (N-methyl/N-ethyl adjacent to an activating group) is 1. The van der Waals surface area contributed by atoms with Gasteiger partial charge in [-0.25, -0.2) is 9.97 Å². The van der Waals surface area contributed by atoms with Gasteiger partial charge in [-0.2, -0.15) is 0 Å². The molecule has 0 aromatic carbocycles. The number of rotatable bonds is 6. The van der Waals surface area contributed by atoms with Crippen LogP contribution in [0.3, 0.4) is 0 Å². The van der Waals surface area contributed by atoms with Crippen molar-refractivity contribution in [2.75, 3.05) is 13.6 Å². The Morgan fingerprint density at radius 3 is 2.90 bits per heavy atom. The predicted molar refractivity (Wildman–Crippen MR) is 87.2 cm³/mol. The second-order valence-electron chi connectivity index (χ2n) is 5.05. The van der Waals surface area contributed by atoms with Gasteiger partial charge in [0, 0.05) is 29.8 Å². The van der Waals surface area contributed by atoms with Crippen LogP contribution in [0.2, 0.25) is 0 Å². The van der Waals surface area contributed by atoms with Crippen molar-refractivity contribution in [2.45, 2.75) is 38.7 Å². The van der Waals surface area contributed by atoms with Crippen molar-refractivity contribution in [1.29, 1.82) is 0 Å². The van der Waals surface area contributed by atoms with Crippen LogP contribution >= 0.6 is 27.5 Å². The molecule has 1 atom stereocenters. The highest BCUT2D eigenvalue weighted by Gasteiger charge is 2.13. The van der Waals surface area contributed by atoms with E-state index in [9.17, 15) is 0 Å². The highest BCUT2D eigenvalue weighted by Crippen LogP contribution is 2.19. The Balaban J connectivity index is 2.24. The fourth-order valence-electron chi connectivity index (χ4n) is 2.16. The maximum absolute atomic E-state index is 6.01. The maximum Gasteiger partial charge on any atom is 0.160 e. The number of imidazole rings is 1. The number of aromatic nitrogens is 3. The molecular formula is C14H20BrClN4. The molecule has 0 N–H and O–H groups in total. The summed E-state index contributed by atoms with van der Waals surface area (Å²) in [5.74, 6) is 1.28. The van der Waals surface area contributed by atoms with E-state index in [-0.39, 0.29) is 0 Å². The van der Waals surface area contributed by atoms with Gasteiger partial charge in [0.15, 0.2) is 5.65 Å². The lowest BCUT2D eigenvalue weighted by Gasteiger charge is -2.23. The monoisotopic (exact) mass is 358 g/mol. The van der Waals surface area contributed by atoms with Gasteiger partial charge in [-0.05, 0) is 42.4 Å². The zero-order valence-electron chi connectivity index (χ0n) is 12.1. The predicted octanol–water partition coefficient (Wildman–Crippen LogP) is 3.66. The van der Waals surface area contributed by atoms with Crippen molar-refractivity contribution in [3.05, 3.63) is 22.6 Å². The van der Waals surface area contributed by atoms with Crippen LogP contribution in [0.25, 0.3) is 11.2 Å². The van der Waals surface area contributed by atoms with Crippen LogP contribution in [-0.2, 0) is 12.4 Å². The first-order chi connectivity index (χ1) is 9.56. The van der Waals surface area contributed by atoms with Gasteiger partial charge < -0.3 is 9.47 Å². The lowest BCUT2D eigenvalue weighted by molar-refractivity contribution is 0.242. The third-order valence-corrected chi connectivity index (χ3v) is 4.44. The molecule has 20 heavy (non-hydrogen) atoms. The molecule has 2 aromatic rings. The summed E-state index contributed by atoms with van der Waals surface area (Å²) >= 11 is 9.44. The van der Waals surface area contributed by atoms with Gasteiger partial charge >= 0.3 is 0 Å². The first kappa shape index (κ1) is 15.7. The van der Waals surface area contributed by atoms with Gasteiger partial charge in [-0.15, -0.1) is 11.6 Å². The van der Waals surface area contributed by atoms with Gasteiger partial charge in [0.05, 0.1) is 5.88 Å². The largest absolute Gasteiger partial charge is 0.310 e. The standard InChI is InChI=1S/C14H20BrClN4/c1-4-10(2)19(3)5-6-20-13(8-16)18-12-7-11(15)9-17-14(12)20/h7,9-10H,4-6,8H2,1-3H3. The van der Waals surface area contributed by atoms with Gasteiger partial charge in [0.2, 0.25) is 0 Å². The molecule has 110 valence electrons. The Kier molecular flexibility index (Phi) is 5.41. The average Bonchev–Trinajstić information content (AvgIpc) is 2.80. The molecule has 0 aliphatic carbocycles. The van der Waals surface area contributed by atoms with E-state index in [4.69, 9.17) is 11.6 Å². The Labute approximate surface area is 133 Å². The molecule has 0 radical (unpaired) electrons. The molecule has 2 heterocycles. The molecule has 4 nitrogen and oxygen atoms in total. The number of halogens is 2. The van der Waals surface area contributed by atoms with E-state index in [0.717, 1.165) is 41.0 Å². The molecule has 2 aromatic heterocycles. The second-order valence-corrected chi connectivity index (χ2v) is 6.23.